The number of carbonyl (C=O) groups excluding carboxylic acids is 3. The van der Waals surface area contributed by atoms with Crippen molar-refractivity contribution in [3.05, 3.63) is 28.5 Å². The standard InChI is InChI=1S/C20H19ClFN5O6/c1-20(2,33-17(28)12-7-15(32-9-23)14(22)8-13(12)21)18(29)31-6-3-16-25-11-27(16)19(30)26-5-4-24-10-26/h7-8,10-11,16H,3-6H2,1-2H3. The highest BCUT2D eigenvalue weighted by atomic mass is 35.5. The number of amides is 2. The van der Waals surface area contributed by atoms with E-state index >= 15 is 0 Å². The third kappa shape index (κ3) is 5.38. The molecular formula is C20H19ClFN5O6. The maximum atomic E-state index is 13.7. The minimum Gasteiger partial charge on any atom is -0.463 e. The van der Waals surface area contributed by atoms with E-state index in [-0.39, 0.29) is 29.6 Å². The van der Waals surface area contributed by atoms with Crippen molar-refractivity contribution in [2.45, 2.75) is 32.0 Å². The molecular weight excluding hydrogens is 461 g/mol. The molecule has 174 valence electrons. The Morgan fingerprint density at radius 1 is 1.33 bits per heavy atom. The summed E-state index contributed by atoms with van der Waals surface area (Å²) in [6, 6.07) is 1.42. The number of rotatable bonds is 7. The first-order valence-electron chi connectivity index (χ1n) is 9.72. The summed E-state index contributed by atoms with van der Waals surface area (Å²) in [5.41, 5.74) is -2.01. The Morgan fingerprint density at radius 2 is 2.09 bits per heavy atom. The van der Waals surface area contributed by atoms with E-state index in [4.69, 9.17) is 26.3 Å². The molecule has 1 aromatic rings. The van der Waals surface area contributed by atoms with Crippen LogP contribution in [0.2, 0.25) is 5.02 Å². The molecule has 0 N–H and O–H groups in total. The molecule has 0 aliphatic carbocycles. The molecule has 13 heteroatoms. The van der Waals surface area contributed by atoms with Crippen LogP contribution in [0.25, 0.3) is 0 Å². The predicted molar refractivity (Wildman–Crippen MR) is 112 cm³/mol. The van der Waals surface area contributed by atoms with E-state index in [2.05, 4.69) is 14.7 Å². The molecule has 2 aliphatic rings. The zero-order valence-corrected chi connectivity index (χ0v) is 18.4. The number of halogens is 2. The number of urea groups is 1. The normalized spacial score (nSPS) is 16.8. The summed E-state index contributed by atoms with van der Waals surface area (Å²) in [4.78, 5) is 48.2. The van der Waals surface area contributed by atoms with Crippen molar-refractivity contribution in [3.63, 3.8) is 0 Å². The first-order valence-corrected chi connectivity index (χ1v) is 10.1. The van der Waals surface area contributed by atoms with E-state index in [1.807, 2.05) is 0 Å². The fourth-order valence-electron chi connectivity index (χ4n) is 2.86. The summed E-state index contributed by atoms with van der Waals surface area (Å²) in [6.07, 6.45) is 3.90. The maximum absolute atomic E-state index is 13.7. The fraction of sp³-hybridized carbons (Fsp3) is 0.400. The largest absolute Gasteiger partial charge is 0.463 e. The summed E-state index contributed by atoms with van der Waals surface area (Å²) < 4.78 is 28.5. The van der Waals surface area contributed by atoms with Crippen LogP contribution in [0.5, 0.6) is 5.75 Å². The maximum Gasteiger partial charge on any atom is 0.350 e. The van der Waals surface area contributed by atoms with Gasteiger partial charge >= 0.3 is 18.0 Å². The van der Waals surface area contributed by atoms with Crippen molar-refractivity contribution >= 4 is 42.2 Å². The molecule has 1 atom stereocenters. The molecule has 3 rings (SSSR count). The van der Waals surface area contributed by atoms with Gasteiger partial charge in [0.25, 0.3) is 6.26 Å². The summed E-state index contributed by atoms with van der Waals surface area (Å²) in [5, 5.41) is 8.27. The molecule has 1 aromatic carbocycles. The number of hydrogen-bond acceptors (Lipinski definition) is 9. The molecule has 33 heavy (non-hydrogen) atoms. The Labute approximate surface area is 193 Å². The van der Waals surface area contributed by atoms with Gasteiger partial charge in [-0.15, -0.1) is 5.26 Å². The molecule has 2 heterocycles. The number of hydrogen-bond donors (Lipinski definition) is 0. The van der Waals surface area contributed by atoms with Gasteiger partial charge in [0.05, 0.1) is 36.4 Å². The van der Waals surface area contributed by atoms with Crippen LogP contribution in [0.1, 0.15) is 30.6 Å². The molecule has 0 fully saturated rings. The molecule has 11 nitrogen and oxygen atoms in total. The van der Waals surface area contributed by atoms with Crippen LogP contribution in [0.3, 0.4) is 0 Å². The minimum absolute atomic E-state index is 0.0862. The van der Waals surface area contributed by atoms with Crippen LogP contribution in [-0.2, 0) is 14.3 Å². The third-order valence-electron chi connectivity index (χ3n) is 4.69. The van der Waals surface area contributed by atoms with E-state index in [1.54, 1.807) is 0 Å². The van der Waals surface area contributed by atoms with Gasteiger partial charge in [0, 0.05) is 19.0 Å². The lowest BCUT2D eigenvalue weighted by atomic mass is 10.1. The number of ether oxygens (including phenoxy) is 3. The van der Waals surface area contributed by atoms with Crippen LogP contribution >= 0.6 is 11.6 Å². The molecule has 2 aliphatic heterocycles. The van der Waals surface area contributed by atoms with Crippen LogP contribution in [-0.4, -0.2) is 71.9 Å². The van der Waals surface area contributed by atoms with Crippen LogP contribution < -0.4 is 4.74 Å². The van der Waals surface area contributed by atoms with Crippen molar-refractivity contribution in [1.29, 1.82) is 5.26 Å². The van der Waals surface area contributed by atoms with Crippen molar-refractivity contribution in [2.24, 2.45) is 9.98 Å². The molecule has 0 radical (unpaired) electrons. The van der Waals surface area contributed by atoms with Gasteiger partial charge in [-0.05, 0) is 19.9 Å². The lowest BCUT2D eigenvalue weighted by Gasteiger charge is -2.34. The first kappa shape index (κ1) is 23.9. The van der Waals surface area contributed by atoms with Crippen LogP contribution in [0.4, 0.5) is 9.18 Å². The number of nitrogens with zero attached hydrogens (tertiary/aromatic N) is 5. The second-order valence-electron chi connectivity index (χ2n) is 7.43. The molecule has 0 spiro atoms. The molecule has 2 amide bonds. The zero-order chi connectivity index (χ0) is 24.2. The van der Waals surface area contributed by atoms with E-state index in [1.165, 1.54) is 42.6 Å². The molecule has 0 saturated heterocycles. The van der Waals surface area contributed by atoms with Gasteiger partial charge < -0.3 is 14.2 Å². The summed E-state index contributed by atoms with van der Waals surface area (Å²) in [7, 11) is 0. The second kappa shape index (κ2) is 9.83. The monoisotopic (exact) mass is 479 g/mol. The smallest absolute Gasteiger partial charge is 0.350 e. The second-order valence-corrected chi connectivity index (χ2v) is 7.84. The quantitative estimate of drug-likeness (QED) is 0.432. The Kier molecular flexibility index (Phi) is 7.13. The van der Waals surface area contributed by atoms with Gasteiger partial charge in [-0.25, -0.2) is 23.8 Å². The van der Waals surface area contributed by atoms with E-state index in [0.29, 0.717) is 13.1 Å². The fourth-order valence-corrected chi connectivity index (χ4v) is 3.09. The van der Waals surface area contributed by atoms with E-state index in [9.17, 15) is 18.8 Å². The average Bonchev–Trinajstić information content (AvgIpc) is 3.26. The number of carbonyl (C=O) groups is 3. The zero-order valence-electron chi connectivity index (χ0n) is 17.7. The van der Waals surface area contributed by atoms with Crippen molar-refractivity contribution in [2.75, 3.05) is 19.7 Å². The van der Waals surface area contributed by atoms with Gasteiger partial charge in [-0.3, -0.25) is 14.8 Å². The van der Waals surface area contributed by atoms with E-state index in [0.717, 1.165) is 12.1 Å². The Morgan fingerprint density at radius 3 is 2.70 bits per heavy atom. The molecule has 0 saturated carbocycles. The van der Waals surface area contributed by atoms with Crippen molar-refractivity contribution in [1.82, 2.24) is 9.80 Å². The lowest BCUT2D eigenvalue weighted by molar-refractivity contribution is -0.162. The summed E-state index contributed by atoms with van der Waals surface area (Å²) in [6.45, 7) is 3.56. The highest BCUT2D eigenvalue weighted by molar-refractivity contribution is 6.33. The third-order valence-corrected chi connectivity index (χ3v) is 5.00. The SMILES string of the molecule is CC(C)(OC(=O)c1cc(OC#N)c(F)cc1Cl)C(=O)OCCC1N=CN1C(=O)N1C=NCC1. The van der Waals surface area contributed by atoms with Crippen LogP contribution in [0.15, 0.2) is 22.1 Å². The average molecular weight is 480 g/mol. The van der Waals surface area contributed by atoms with Gasteiger partial charge in [0.15, 0.2) is 11.6 Å². The van der Waals surface area contributed by atoms with Gasteiger partial charge in [0.1, 0.15) is 6.17 Å². The van der Waals surface area contributed by atoms with Gasteiger partial charge in [0.2, 0.25) is 5.60 Å². The molecule has 1 unspecified atom stereocenters. The lowest BCUT2D eigenvalue weighted by Crippen LogP contribution is -2.51. The number of nitriles is 1. The summed E-state index contributed by atoms with van der Waals surface area (Å²) in [5.74, 6) is -3.36. The highest BCUT2D eigenvalue weighted by Crippen LogP contribution is 2.28. The highest BCUT2D eigenvalue weighted by Gasteiger charge is 2.36. The van der Waals surface area contributed by atoms with Crippen molar-refractivity contribution < 1.29 is 33.0 Å². The Hall–Kier alpha value is -3.72. The topological polar surface area (TPSA) is 134 Å². The Balaban J connectivity index is 1.53. The number of aliphatic imine (C=N–C) groups is 2. The van der Waals surface area contributed by atoms with Crippen LogP contribution in [0, 0.1) is 17.3 Å². The van der Waals surface area contributed by atoms with Gasteiger partial charge in [-0.1, -0.05) is 11.6 Å². The molecule has 0 bridgehead atoms. The Bertz CT molecular complexity index is 1070. The summed E-state index contributed by atoms with van der Waals surface area (Å²) >= 11 is 5.88. The first-order chi connectivity index (χ1) is 15.6. The number of esters is 2. The van der Waals surface area contributed by atoms with Gasteiger partial charge in [-0.2, -0.15) is 0 Å². The molecule has 0 aromatic heterocycles. The minimum atomic E-state index is -1.71. The van der Waals surface area contributed by atoms with Crippen molar-refractivity contribution in [3.8, 4) is 12.0 Å². The van der Waals surface area contributed by atoms with E-state index < -0.39 is 35.3 Å². The number of benzene rings is 1. The predicted octanol–water partition coefficient (Wildman–Crippen LogP) is 2.34.